The molecule has 3 aliphatic heterocycles. The van der Waals surface area contributed by atoms with Crippen LogP contribution in [0.3, 0.4) is 0 Å². The maximum Gasteiger partial charge on any atom is 0.239 e. The van der Waals surface area contributed by atoms with Gasteiger partial charge in [-0.05, 0) is 51.6 Å². The number of carbonyl (C=O) groups excluding carboxylic acids is 1. The lowest BCUT2D eigenvalue weighted by Crippen LogP contribution is -2.48. The van der Waals surface area contributed by atoms with E-state index >= 15 is 0 Å². The van der Waals surface area contributed by atoms with Gasteiger partial charge in [0, 0.05) is 25.2 Å². The monoisotopic (exact) mass is 265 g/mol. The lowest BCUT2D eigenvalue weighted by Gasteiger charge is -2.31. The fourth-order valence-electron chi connectivity index (χ4n) is 4.01. The predicted molar refractivity (Wildman–Crippen MR) is 76.0 cm³/mol. The summed E-state index contributed by atoms with van der Waals surface area (Å²) in [6.45, 7) is 6.29. The van der Waals surface area contributed by atoms with Gasteiger partial charge < -0.3 is 10.2 Å². The van der Waals surface area contributed by atoms with Crippen LogP contribution in [0.25, 0.3) is 0 Å². The first-order chi connectivity index (χ1) is 9.28. The second kappa shape index (κ2) is 5.80. The Balaban J connectivity index is 1.62. The first-order valence-electron chi connectivity index (χ1n) is 8.07. The Labute approximate surface area is 116 Å². The van der Waals surface area contributed by atoms with E-state index in [1.165, 1.54) is 19.3 Å². The summed E-state index contributed by atoms with van der Waals surface area (Å²) in [5.41, 5.74) is 0. The Morgan fingerprint density at radius 1 is 1.16 bits per heavy atom. The molecule has 4 nitrogen and oxygen atoms in total. The topological polar surface area (TPSA) is 35.6 Å². The molecule has 0 aromatic carbocycles. The van der Waals surface area contributed by atoms with Crippen LogP contribution >= 0.6 is 0 Å². The average molecular weight is 265 g/mol. The average Bonchev–Trinajstić information content (AvgIpc) is 2.96. The molecule has 0 aromatic heterocycles. The molecule has 3 unspecified atom stereocenters. The van der Waals surface area contributed by atoms with E-state index in [9.17, 15) is 4.79 Å². The third kappa shape index (κ3) is 2.79. The second-order valence-electron chi connectivity index (χ2n) is 6.40. The molecule has 3 fully saturated rings. The summed E-state index contributed by atoms with van der Waals surface area (Å²) in [6, 6.07) is 1.40. The Kier molecular flexibility index (Phi) is 4.08. The molecule has 1 amide bonds. The summed E-state index contributed by atoms with van der Waals surface area (Å²) < 4.78 is 0. The van der Waals surface area contributed by atoms with Crippen molar-refractivity contribution >= 4 is 5.91 Å². The summed E-state index contributed by atoms with van der Waals surface area (Å²) in [5.74, 6) is 0.403. The summed E-state index contributed by atoms with van der Waals surface area (Å²) >= 11 is 0. The molecule has 108 valence electrons. The van der Waals surface area contributed by atoms with Crippen molar-refractivity contribution in [2.75, 3.05) is 26.2 Å². The largest absolute Gasteiger partial charge is 0.340 e. The van der Waals surface area contributed by atoms with Gasteiger partial charge in [0.1, 0.15) is 0 Å². The van der Waals surface area contributed by atoms with Crippen LogP contribution in [0.5, 0.6) is 0 Å². The molecule has 3 heterocycles. The van der Waals surface area contributed by atoms with Gasteiger partial charge in [-0.2, -0.15) is 0 Å². The van der Waals surface area contributed by atoms with Crippen molar-refractivity contribution in [2.45, 2.75) is 63.6 Å². The lowest BCUT2D eigenvalue weighted by atomic mass is 10.1. The van der Waals surface area contributed by atoms with Crippen molar-refractivity contribution in [1.82, 2.24) is 15.1 Å². The molecule has 3 rings (SSSR count). The van der Waals surface area contributed by atoms with E-state index in [1.54, 1.807) is 0 Å². The molecule has 2 bridgehead atoms. The third-order valence-electron chi connectivity index (χ3n) is 4.99. The van der Waals surface area contributed by atoms with Gasteiger partial charge in [0.15, 0.2) is 0 Å². The first kappa shape index (κ1) is 13.4. The van der Waals surface area contributed by atoms with E-state index in [-0.39, 0.29) is 6.04 Å². The van der Waals surface area contributed by atoms with Gasteiger partial charge >= 0.3 is 0 Å². The number of nitrogens with zero attached hydrogens (tertiary/aromatic N) is 2. The van der Waals surface area contributed by atoms with E-state index in [0.717, 1.165) is 45.4 Å². The van der Waals surface area contributed by atoms with Gasteiger partial charge in [-0.3, -0.25) is 9.69 Å². The van der Waals surface area contributed by atoms with E-state index in [1.807, 2.05) is 0 Å². The van der Waals surface area contributed by atoms with Crippen molar-refractivity contribution in [1.29, 1.82) is 0 Å². The summed E-state index contributed by atoms with van der Waals surface area (Å²) in [7, 11) is 0. The van der Waals surface area contributed by atoms with Crippen LogP contribution in [0.1, 0.15) is 45.4 Å². The van der Waals surface area contributed by atoms with Gasteiger partial charge in [-0.15, -0.1) is 0 Å². The highest BCUT2D eigenvalue weighted by Crippen LogP contribution is 2.24. The Hall–Kier alpha value is -0.610. The smallest absolute Gasteiger partial charge is 0.239 e. The number of hydrogen-bond donors (Lipinski definition) is 1. The van der Waals surface area contributed by atoms with E-state index in [4.69, 9.17) is 0 Å². The highest BCUT2D eigenvalue weighted by molar-refractivity contribution is 5.82. The molecule has 0 spiro atoms. The standard InChI is InChI=1S/C15H27N3O/c1-2-8-17-9-3-4-14(17)15(19)18-10-7-12-5-6-13(11-18)16-12/h12-14,16H,2-11H2,1H3. The summed E-state index contributed by atoms with van der Waals surface area (Å²) in [4.78, 5) is 17.3. The Morgan fingerprint density at radius 2 is 2.00 bits per heavy atom. The molecule has 3 atom stereocenters. The SMILES string of the molecule is CCCN1CCCC1C(=O)N1CCC2CCC(C1)N2. The number of carbonyl (C=O) groups is 1. The third-order valence-corrected chi connectivity index (χ3v) is 4.99. The van der Waals surface area contributed by atoms with Gasteiger partial charge in [0.25, 0.3) is 0 Å². The van der Waals surface area contributed by atoms with E-state index in [2.05, 4.69) is 22.0 Å². The van der Waals surface area contributed by atoms with Crippen LogP contribution < -0.4 is 5.32 Å². The van der Waals surface area contributed by atoms with Crippen LogP contribution in [0, 0.1) is 0 Å². The summed E-state index contributed by atoms with van der Waals surface area (Å²) in [5, 5.41) is 3.66. The number of amides is 1. The van der Waals surface area contributed by atoms with Crippen molar-refractivity contribution in [3.05, 3.63) is 0 Å². The minimum absolute atomic E-state index is 0.177. The van der Waals surface area contributed by atoms with Crippen molar-refractivity contribution in [2.24, 2.45) is 0 Å². The molecule has 3 saturated heterocycles. The molecular weight excluding hydrogens is 238 g/mol. The van der Waals surface area contributed by atoms with Gasteiger partial charge in [-0.1, -0.05) is 6.92 Å². The Morgan fingerprint density at radius 3 is 2.84 bits per heavy atom. The molecule has 0 aromatic rings. The number of hydrogen-bond acceptors (Lipinski definition) is 3. The molecule has 3 aliphatic rings. The molecular formula is C15H27N3O. The van der Waals surface area contributed by atoms with Gasteiger partial charge in [0.05, 0.1) is 6.04 Å². The maximum atomic E-state index is 12.8. The van der Waals surface area contributed by atoms with Crippen molar-refractivity contribution in [3.8, 4) is 0 Å². The molecule has 19 heavy (non-hydrogen) atoms. The number of nitrogens with one attached hydrogen (secondary N) is 1. The van der Waals surface area contributed by atoms with E-state index < -0.39 is 0 Å². The van der Waals surface area contributed by atoms with Gasteiger partial charge in [0.2, 0.25) is 5.91 Å². The molecule has 4 heteroatoms. The normalized spacial score (nSPS) is 35.6. The van der Waals surface area contributed by atoms with Gasteiger partial charge in [-0.25, -0.2) is 0 Å². The second-order valence-corrected chi connectivity index (χ2v) is 6.40. The maximum absolute atomic E-state index is 12.8. The predicted octanol–water partition coefficient (Wildman–Crippen LogP) is 1.21. The molecule has 0 saturated carbocycles. The Bertz CT molecular complexity index is 333. The van der Waals surface area contributed by atoms with Crippen LogP contribution in [0.2, 0.25) is 0 Å². The zero-order valence-corrected chi connectivity index (χ0v) is 12.1. The first-order valence-corrected chi connectivity index (χ1v) is 8.07. The molecule has 1 N–H and O–H groups in total. The zero-order chi connectivity index (χ0) is 13.2. The number of fused-ring (bicyclic) bond motifs is 2. The molecule has 0 radical (unpaired) electrons. The minimum Gasteiger partial charge on any atom is -0.340 e. The van der Waals surface area contributed by atoms with Crippen LogP contribution in [0.15, 0.2) is 0 Å². The van der Waals surface area contributed by atoms with Crippen molar-refractivity contribution < 1.29 is 4.79 Å². The quantitative estimate of drug-likeness (QED) is 0.833. The van der Waals surface area contributed by atoms with Crippen LogP contribution in [-0.4, -0.2) is 60.0 Å². The highest BCUT2D eigenvalue weighted by Gasteiger charge is 2.36. The number of rotatable bonds is 3. The summed E-state index contributed by atoms with van der Waals surface area (Å²) in [6.07, 6.45) is 7.10. The fourth-order valence-corrected chi connectivity index (χ4v) is 4.01. The van der Waals surface area contributed by atoms with Crippen molar-refractivity contribution in [3.63, 3.8) is 0 Å². The highest BCUT2D eigenvalue weighted by atomic mass is 16.2. The number of likely N-dealkylation sites (tertiary alicyclic amines) is 2. The molecule has 0 aliphatic carbocycles. The minimum atomic E-state index is 0.177. The van der Waals surface area contributed by atoms with Crippen LogP contribution in [-0.2, 0) is 4.79 Å². The lowest BCUT2D eigenvalue weighted by molar-refractivity contribution is -0.136. The van der Waals surface area contributed by atoms with E-state index in [0.29, 0.717) is 18.0 Å². The zero-order valence-electron chi connectivity index (χ0n) is 12.1. The fraction of sp³-hybridized carbons (Fsp3) is 0.933. The van der Waals surface area contributed by atoms with Crippen LogP contribution in [0.4, 0.5) is 0 Å².